The largest absolute Gasteiger partial charge is 0.466 e. The molecule has 2 unspecified atom stereocenters. The lowest BCUT2D eigenvalue weighted by Crippen LogP contribution is -2.45. The van der Waals surface area contributed by atoms with E-state index in [1.807, 2.05) is 0 Å². The lowest BCUT2D eigenvalue weighted by atomic mass is 10.0. The molecule has 0 aromatic carbocycles. The minimum atomic E-state index is -0.662. The van der Waals surface area contributed by atoms with Gasteiger partial charge in [0, 0.05) is 12.8 Å². The average Bonchev–Trinajstić information content (AvgIpc) is 3.32. The molecule has 1 amide bonds. The number of amides is 1. The molecule has 66 heavy (non-hydrogen) atoms. The molecule has 0 spiro atoms. The lowest BCUT2D eigenvalue weighted by Gasteiger charge is -2.22. The first-order chi connectivity index (χ1) is 32.5. The zero-order valence-corrected chi connectivity index (χ0v) is 45.0. The first-order valence-corrected chi connectivity index (χ1v) is 30.3. The molecular formula is C60H119NO5. The molecule has 0 rings (SSSR count). The van der Waals surface area contributed by atoms with E-state index in [2.05, 4.69) is 19.2 Å². The Morgan fingerprint density at radius 2 is 0.621 bits per heavy atom. The number of nitrogens with one attached hydrogen (secondary N) is 1. The molecule has 0 aromatic rings. The third kappa shape index (κ3) is 52.2. The second-order valence-corrected chi connectivity index (χ2v) is 21.1. The fourth-order valence-corrected chi connectivity index (χ4v) is 9.76. The van der Waals surface area contributed by atoms with Gasteiger partial charge in [-0.15, -0.1) is 0 Å². The third-order valence-corrected chi connectivity index (χ3v) is 14.4. The van der Waals surface area contributed by atoms with E-state index in [-0.39, 0.29) is 18.5 Å². The summed E-state index contributed by atoms with van der Waals surface area (Å²) in [4.78, 5) is 24.5. The SMILES string of the molecule is CCCCCCCCCCCCCCCCC(O)C(CO)NC(=O)CCCCCCCCCCCCCCCCCCCCCCCCCOC(=O)CCCCCCCCCCCCCC. The molecule has 0 aliphatic rings. The average molecular weight is 935 g/mol. The zero-order chi connectivity index (χ0) is 47.9. The molecule has 0 aliphatic heterocycles. The molecule has 0 aromatic heterocycles. The van der Waals surface area contributed by atoms with Gasteiger partial charge in [-0.25, -0.2) is 0 Å². The second-order valence-electron chi connectivity index (χ2n) is 21.1. The van der Waals surface area contributed by atoms with Gasteiger partial charge in [0.2, 0.25) is 5.91 Å². The molecule has 3 N–H and O–H groups in total. The quantitative estimate of drug-likeness (QED) is 0.0417. The molecule has 0 bridgehead atoms. The fraction of sp³-hybridized carbons (Fsp3) is 0.967. The number of hydrogen-bond donors (Lipinski definition) is 3. The first kappa shape index (κ1) is 64.9. The fourth-order valence-electron chi connectivity index (χ4n) is 9.76. The number of esters is 1. The first-order valence-electron chi connectivity index (χ1n) is 30.3. The van der Waals surface area contributed by atoms with Crippen molar-refractivity contribution >= 4 is 11.9 Å². The van der Waals surface area contributed by atoms with Crippen molar-refractivity contribution in [1.29, 1.82) is 0 Å². The molecule has 0 radical (unpaired) electrons. The topological polar surface area (TPSA) is 95.9 Å². The van der Waals surface area contributed by atoms with Crippen LogP contribution >= 0.6 is 0 Å². The van der Waals surface area contributed by atoms with Crippen molar-refractivity contribution in [3.05, 3.63) is 0 Å². The summed E-state index contributed by atoms with van der Waals surface area (Å²) < 4.78 is 5.47. The van der Waals surface area contributed by atoms with Crippen LogP contribution in [0.15, 0.2) is 0 Å². The van der Waals surface area contributed by atoms with Gasteiger partial charge in [0.05, 0.1) is 25.4 Å². The van der Waals surface area contributed by atoms with Crippen molar-refractivity contribution in [2.24, 2.45) is 0 Å². The highest BCUT2D eigenvalue weighted by Gasteiger charge is 2.20. The van der Waals surface area contributed by atoms with Crippen molar-refractivity contribution in [3.63, 3.8) is 0 Å². The van der Waals surface area contributed by atoms with Gasteiger partial charge >= 0.3 is 5.97 Å². The summed E-state index contributed by atoms with van der Waals surface area (Å²) >= 11 is 0. The van der Waals surface area contributed by atoms with E-state index in [1.165, 1.54) is 276 Å². The van der Waals surface area contributed by atoms with Gasteiger partial charge in [0.1, 0.15) is 0 Å². The molecule has 0 heterocycles. The monoisotopic (exact) mass is 934 g/mol. The Kier molecular flexibility index (Phi) is 55.5. The van der Waals surface area contributed by atoms with Crippen LogP contribution in [0, 0.1) is 0 Å². The maximum Gasteiger partial charge on any atom is 0.305 e. The van der Waals surface area contributed by atoms with Gasteiger partial charge in [-0.1, -0.05) is 309 Å². The van der Waals surface area contributed by atoms with E-state index < -0.39 is 12.1 Å². The lowest BCUT2D eigenvalue weighted by molar-refractivity contribution is -0.143. The van der Waals surface area contributed by atoms with E-state index in [1.54, 1.807) is 0 Å². The van der Waals surface area contributed by atoms with Crippen molar-refractivity contribution in [2.75, 3.05) is 13.2 Å². The molecule has 0 fully saturated rings. The van der Waals surface area contributed by atoms with Crippen LogP contribution in [0.2, 0.25) is 0 Å². The number of hydrogen-bond acceptors (Lipinski definition) is 5. The van der Waals surface area contributed by atoms with E-state index >= 15 is 0 Å². The van der Waals surface area contributed by atoms with Gasteiger partial charge < -0.3 is 20.3 Å². The van der Waals surface area contributed by atoms with Crippen molar-refractivity contribution < 1.29 is 24.5 Å². The summed E-state index contributed by atoms with van der Waals surface area (Å²) in [6, 6.07) is -0.539. The van der Waals surface area contributed by atoms with Crippen molar-refractivity contribution in [1.82, 2.24) is 5.32 Å². The Labute approximate surface area is 413 Å². The maximum atomic E-state index is 12.5. The second kappa shape index (κ2) is 56.4. The van der Waals surface area contributed by atoms with Crippen LogP contribution < -0.4 is 5.32 Å². The molecular weight excluding hydrogens is 815 g/mol. The molecule has 6 heteroatoms. The number of carbonyl (C=O) groups excluding carboxylic acids is 2. The smallest absolute Gasteiger partial charge is 0.305 e. The van der Waals surface area contributed by atoms with Crippen molar-refractivity contribution in [2.45, 2.75) is 360 Å². The van der Waals surface area contributed by atoms with E-state index in [4.69, 9.17) is 4.74 Å². The minimum Gasteiger partial charge on any atom is -0.466 e. The van der Waals surface area contributed by atoms with E-state index in [9.17, 15) is 19.8 Å². The predicted octanol–water partition coefficient (Wildman–Crippen LogP) is 18.7. The van der Waals surface area contributed by atoms with Gasteiger partial charge in [0.25, 0.3) is 0 Å². The summed E-state index contributed by atoms with van der Waals surface area (Å²) in [5.74, 6) is -0.0160. The van der Waals surface area contributed by atoms with E-state index in [0.717, 1.165) is 38.5 Å². The number of unbranched alkanes of at least 4 members (excludes halogenated alkanes) is 46. The summed E-state index contributed by atoms with van der Waals surface area (Å²) in [6.45, 7) is 4.98. The highest BCUT2D eigenvalue weighted by molar-refractivity contribution is 5.76. The Balaban J connectivity index is 3.35. The van der Waals surface area contributed by atoms with Crippen LogP contribution in [0.5, 0.6) is 0 Å². The predicted molar refractivity (Wildman–Crippen MR) is 287 cm³/mol. The number of aliphatic hydroxyl groups excluding tert-OH is 2. The maximum absolute atomic E-state index is 12.5. The summed E-state index contributed by atoms with van der Waals surface area (Å²) in [6.07, 6.45) is 65.4. The third-order valence-electron chi connectivity index (χ3n) is 14.4. The summed E-state index contributed by atoms with van der Waals surface area (Å²) in [5.41, 5.74) is 0. The van der Waals surface area contributed by atoms with Crippen LogP contribution in [0.3, 0.4) is 0 Å². The molecule has 394 valence electrons. The van der Waals surface area contributed by atoms with Gasteiger partial charge in [0.15, 0.2) is 0 Å². The Hall–Kier alpha value is -1.14. The highest BCUT2D eigenvalue weighted by Crippen LogP contribution is 2.18. The van der Waals surface area contributed by atoms with Crippen LogP contribution in [0.1, 0.15) is 348 Å². The molecule has 6 nitrogen and oxygen atoms in total. The Morgan fingerprint density at radius 1 is 0.364 bits per heavy atom. The number of rotatable bonds is 57. The van der Waals surface area contributed by atoms with Gasteiger partial charge in [-0.2, -0.15) is 0 Å². The standard InChI is InChI=1S/C60H119NO5/c1-3-5-7-9-11-13-15-17-29-32-36-40-44-48-52-58(63)57(56-62)61-59(64)53-49-45-41-37-33-30-27-25-23-21-19-18-20-22-24-26-28-31-35-39-43-47-51-55-66-60(65)54-50-46-42-38-34-16-14-12-10-8-6-4-2/h57-58,62-63H,3-56H2,1-2H3,(H,61,64). The van der Waals surface area contributed by atoms with E-state index in [0.29, 0.717) is 25.9 Å². The summed E-state index contributed by atoms with van der Waals surface area (Å²) in [7, 11) is 0. The number of carbonyl (C=O) groups is 2. The normalized spacial score (nSPS) is 12.5. The molecule has 2 atom stereocenters. The molecule has 0 aliphatic carbocycles. The molecule has 0 saturated heterocycles. The van der Waals surface area contributed by atoms with Gasteiger partial charge in [-0.3, -0.25) is 9.59 Å². The Bertz CT molecular complexity index is 944. The van der Waals surface area contributed by atoms with Crippen LogP contribution in [0.25, 0.3) is 0 Å². The number of aliphatic hydroxyl groups is 2. The summed E-state index contributed by atoms with van der Waals surface area (Å²) in [5, 5.41) is 23.3. The minimum absolute atomic E-state index is 0.0159. The van der Waals surface area contributed by atoms with Crippen LogP contribution in [0.4, 0.5) is 0 Å². The van der Waals surface area contributed by atoms with Crippen LogP contribution in [-0.4, -0.2) is 47.4 Å². The zero-order valence-electron chi connectivity index (χ0n) is 45.0. The Morgan fingerprint density at radius 3 is 0.924 bits per heavy atom. The van der Waals surface area contributed by atoms with Gasteiger partial charge in [-0.05, 0) is 25.7 Å². The van der Waals surface area contributed by atoms with Crippen molar-refractivity contribution in [3.8, 4) is 0 Å². The highest BCUT2D eigenvalue weighted by atomic mass is 16.5. The molecule has 0 saturated carbocycles. The van der Waals surface area contributed by atoms with Crippen LogP contribution in [-0.2, 0) is 14.3 Å². The number of ether oxygens (including phenoxy) is 1.